The predicted molar refractivity (Wildman–Crippen MR) is 111 cm³/mol. The molecule has 1 saturated carbocycles. The highest BCUT2D eigenvalue weighted by Gasteiger charge is 2.32. The first-order valence-electron chi connectivity index (χ1n) is 9.85. The molecule has 1 aliphatic carbocycles. The summed E-state index contributed by atoms with van der Waals surface area (Å²) in [5.74, 6) is 0.417. The van der Waals surface area contributed by atoms with Gasteiger partial charge in [-0.25, -0.2) is 0 Å². The van der Waals surface area contributed by atoms with Gasteiger partial charge in [-0.05, 0) is 60.1 Å². The highest BCUT2D eigenvalue weighted by atomic mass is 19.4. The second kappa shape index (κ2) is 8.24. The van der Waals surface area contributed by atoms with Crippen molar-refractivity contribution in [3.05, 3.63) is 101 Å². The lowest BCUT2D eigenvalue weighted by Gasteiger charge is -2.15. The van der Waals surface area contributed by atoms with Crippen molar-refractivity contribution in [1.82, 2.24) is 0 Å². The van der Waals surface area contributed by atoms with Crippen LogP contribution in [0.4, 0.5) is 18.9 Å². The molecule has 0 unspecified atom stereocenters. The third-order valence-electron chi connectivity index (χ3n) is 5.29. The van der Waals surface area contributed by atoms with Crippen molar-refractivity contribution in [3.63, 3.8) is 0 Å². The molecular weight excluding hydrogens is 371 g/mol. The summed E-state index contributed by atoms with van der Waals surface area (Å²) < 4.78 is 39.5. The summed E-state index contributed by atoms with van der Waals surface area (Å²) >= 11 is 0. The van der Waals surface area contributed by atoms with Crippen molar-refractivity contribution in [2.24, 2.45) is 10.9 Å². The van der Waals surface area contributed by atoms with Crippen LogP contribution in [0.2, 0.25) is 0 Å². The molecule has 4 heteroatoms. The molecule has 0 spiro atoms. The molecule has 1 aliphatic rings. The van der Waals surface area contributed by atoms with Gasteiger partial charge in [0.15, 0.2) is 0 Å². The van der Waals surface area contributed by atoms with E-state index in [9.17, 15) is 13.2 Å². The van der Waals surface area contributed by atoms with E-state index >= 15 is 0 Å². The Morgan fingerprint density at radius 2 is 1.45 bits per heavy atom. The number of benzene rings is 3. The third-order valence-corrected chi connectivity index (χ3v) is 5.29. The van der Waals surface area contributed by atoms with E-state index in [2.05, 4.69) is 4.99 Å². The first kappa shape index (κ1) is 19.4. The lowest BCUT2D eigenvalue weighted by Crippen LogP contribution is -2.06. The van der Waals surface area contributed by atoms with Crippen LogP contribution in [0.1, 0.15) is 41.0 Å². The standard InChI is InChI=1S/C25H22F3N/c26-25(27,28)22-13-14-24(21(16-22)15-18-11-12-18)29-17-23(19-7-3-1-4-8-19)20-9-5-2-6-10-20/h1-10,13-14,16-18,23H,11-12,15H2/b29-17+. The van der Waals surface area contributed by atoms with Crippen LogP contribution in [0.5, 0.6) is 0 Å². The molecule has 0 aromatic heterocycles. The van der Waals surface area contributed by atoms with Gasteiger partial charge in [-0.15, -0.1) is 0 Å². The molecular formula is C25H22F3N. The first-order valence-corrected chi connectivity index (χ1v) is 9.85. The van der Waals surface area contributed by atoms with Crippen molar-refractivity contribution in [2.75, 3.05) is 0 Å². The number of hydrogen-bond acceptors (Lipinski definition) is 1. The molecule has 3 aromatic carbocycles. The largest absolute Gasteiger partial charge is 0.416 e. The van der Waals surface area contributed by atoms with Crippen molar-refractivity contribution in [1.29, 1.82) is 0 Å². The van der Waals surface area contributed by atoms with Crippen LogP contribution in [0.25, 0.3) is 0 Å². The maximum absolute atomic E-state index is 13.2. The zero-order valence-electron chi connectivity index (χ0n) is 15.9. The highest BCUT2D eigenvalue weighted by molar-refractivity contribution is 5.76. The monoisotopic (exact) mass is 393 g/mol. The van der Waals surface area contributed by atoms with Crippen LogP contribution in [-0.2, 0) is 12.6 Å². The molecule has 1 nitrogen and oxygen atoms in total. The first-order chi connectivity index (χ1) is 14.0. The second-order valence-corrected chi connectivity index (χ2v) is 7.57. The van der Waals surface area contributed by atoms with E-state index in [1.54, 1.807) is 0 Å². The molecule has 0 saturated heterocycles. The fourth-order valence-electron chi connectivity index (χ4n) is 3.52. The summed E-state index contributed by atoms with van der Waals surface area (Å²) in [7, 11) is 0. The summed E-state index contributed by atoms with van der Waals surface area (Å²) in [5.41, 5.74) is 2.89. The van der Waals surface area contributed by atoms with Gasteiger partial charge >= 0.3 is 6.18 Å². The van der Waals surface area contributed by atoms with E-state index in [-0.39, 0.29) is 5.92 Å². The van der Waals surface area contributed by atoms with Gasteiger partial charge < -0.3 is 0 Å². The fraction of sp³-hybridized carbons (Fsp3) is 0.240. The number of aliphatic imine (C=N–C) groups is 1. The normalized spacial score (nSPS) is 14.6. The Morgan fingerprint density at radius 3 is 1.97 bits per heavy atom. The number of hydrogen-bond donors (Lipinski definition) is 0. The maximum Gasteiger partial charge on any atom is 0.416 e. The molecule has 4 rings (SSSR count). The van der Waals surface area contributed by atoms with E-state index in [4.69, 9.17) is 0 Å². The minimum absolute atomic E-state index is 0.0616. The van der Waals surface area contributed by atoms with E-state index in [0.717, 1.165) is 30.0 Å². The predicted octanol–water partition coefficient (Wildman–Crippen LogP) is 7.19. The SMILES string of the molecule is FC(F)(F)c1ccc(/N=C/C(c2ccccc2)c2ccccc2)c(CC2CC2)c1. The molecule has 0 heterocycles. The molecule has 29 heavy (non-hydrogen) atoms. The Morgan fingerprint density at radius 1 is 0.862 bits per heavy atom. The van der Waals surface area contributed by atoms with Gasteiger partial charge in [-0.2, -0.15) is 13.2 Å². The Hall–Kier alpha value is -2.88. The van der Waals surface area contributed by atoms with Crippen LogP contribution in [-0.4, -0.2) is 6.21 Å². The Balaban J connectivity index is 1.70. The maximum atomic E-state index is 13.2. The third kappa shape index (κ3) is 4.94. The van der Waals surface area contributed by atoms with E-state index in [1.807, 2.05) is 66.9 Å². The van der Waals surface area contributed by atoms with E-state index in [1.165, 1.54) is 12.1 Å². The summed E-state index contributed by atoms with van der Waals surface area (Å²) in [6.07, 6.45) is 0.324. The highest BCUT2D eigenvalue weighted by Crippen LogP contribution is 2.38. The summed E-state index contributed by atoms with van der Waals surface area (Å²) in [5, 5.41) is 0. The number of halogens is 3. The zero-order valence-corrected chi connectivity index (χ0v) is 15.9. The molecule has 0 aliphatic heterocycles. The fourth-order valence-corrected chi connectivity index (χ4v) is 3.52. The molecule has 0 radical (unpaired) electrons. The smallest absolute Gasteiger partial charge is 0.260 e. The summed E-state index contributed by atoms with van der Waals surface area (Å²) in [4.78, 5) is 4.67. The quantitative estimate of drug-likeness (QED) is 0.393. The Kier molecular flexibility index (Phi) is 5.52. The molecule has 0 amide bonds. The van der Waals surface area contributed by atoms with E-state index < -0.39 is 11.7 Å². The molecule has 0 bridgehead atoms. The Bertz CT molecular complexity index is 934. The number of nitrogens with zero attached hydrogens (tertiary/aromatic N) is 1. The van der Waals surface area contributed by atoms with Crippen LogP contribution in [0, 0.1) is 5.92 Å². The molecule has 0 atom stereocenters. The van der Waals surface area contributed by atoms with Gasteiger partial charge in [0.1, 0.15) is 0 Å². The van der Waals surface area contributed by atoms with Crippen LogP contribution in [0.15, 0.2) is 83.9 Å². The number of rotatable bonds is 6. The van der Waals surface area contributed by atoms with Crippen LogP contribution >= 0.6 is 0 Å². The lowest BCUT2D eigenvalue weighted by atomic mass is 9.92. The van der Waals surface area contributed by atoms with Gasteiger partial charge in [-0.3, -0.25) is 4.99 Å². The molecule has 148 valence electrons. The van der Waals surface area contributed by atoms with Crippen LogP contribution < -0.4 is 0 Å². The van der Waals surface area contributed by atoms with Crippen LogP contribution in [0.3, 0.4) is 0 Å². The minimum Gasteiger partial charge on any atom is -0.260 e. The molecule has 1 fully saturated rings. The van der Waals surface area contributed by atoms with Crippen molar-refractivity contribution >= 4 is 11.9 Å². The van der Waals surface area contributed by atoms with Crippen molar-refractivity contribution in [2.45, 2.75) is 31.4 Å². The summed E-state index contributed by atoms with van der Waals surface area (Å²) in [6, 6.07) is 23.9. The van der Waals surface area contributed by atoms with Gasteiger partial charge in [0.25, 0.3) is 0 Å². The molecule has 0 N–H and O–H groups in total. The Labute approximate surface area is 168 Å². The summed E-state index contributed by atoms with van der Waals surface area (Å²) in [6.45, 7) is 0. The van der Waals surface area contributed by atoms with Gasteiger partial charge in [0, 0.05) is 12.1 Å². The van der Waals surface area contributed by atoms with Gasteiger partial charge in [0.05, 0.1) is 11.3 Å². The molecule has 3 aromatic rings. The lowest BCUT2D eigenvalue weighted by molar-refractivity contribution is -0.137. The van der Waals surface area contributed by atoms with E-state index in [0.29, 0.717) is 23.6 Å². The van der Waals surface area contributed by atoms with Gasteiger partial charge in [-0.1, -0.05) is 60.7 Å². The zero-order chi connectivity index (χ0) is 20.3. The minimum atomic E-state index is -4.34. The average molecular weight is 393 g/mol. The van der Waals surface area contributed by atoms with Crippen molar-refractivity contribution in [3.8, 4) is 0 Å². The van der Waals surface area contributed by atoms with Crippen molar-refractivity contribution < 1.29 is 13.2 Å². The average Bonchev–Trinajstić information content (AvgIpc) is 3.54. The van der Waals surface area contributed by atoms with Gasteiger partial charge in [0.2, 0.25) is 0 Å². The topological polar surface area (TPSA) is 12.4 Å². The second-order valence-electron chi connectivity index (χ2n) is 7.57. The number of alkyl halides is 3.